The van der Waals surface area contributed by atoms with Gasteiger partial charge in [-0.2, -0.15) is 5.26 Å². The molecule has 4 heteroatoms. The van der Waals surface area contributed by atoms with E-state index >= 15 is 0 Å². The van der Waals surface area contributed by atoms with Crippen molar-refractivity contribution in [2.24, 2.45) is 5.92 Å². The molecule has 0 aliphatic carbocycles. The standard InChI is InChI=1S/C16H17N3O/c1-11(13-6-7-20-10-13)18-16-14(9-17)8-12-4-2-3-5-15(12)19-16/h2-5,8,11,13H,6-7,10H2,1H3,(H,18,19). The van der Waals surface area contributed by atoms with Crippen LogP contribution in [0, 0.1) is 17.2 Å². The Hall–Kier alpha value is -2.12. The van der Waals surface area contributed by atoms with E-state index in [2.05, 4.69) is 23.3 Å². The highest BCUT2D eigenvalue weighted by molar-refractivity contribution is 5.82. The van der Waals surface area contributed by atoms with E-state index in [-0.39, 0.29) is 6.04 Å². The van der Waals surface area contributed by atoms with Crippen LogP contribution in [0.25, 0.3) is 10.9 Å². The second-order valence-electron chi connectivity index (χ2n) is 5.25. The molecule has 4 nitrogen and oxygen atoms in total. The van der Waals surface area contributed by atoms with E-state index in [1.54, 1.807) is 0 Å². The third-order valence-corrected chi connectivity index (χ3v) is 3.88. The highest BCUT2D eigenvalue weighted by Gasteiger charge is 2.23. The average molecular weight is 267 g/mol. The highest BCUT2D eigenvalue weighted by Crippen LogP contribution is 2.24. The molecule has 2 atom stereocenters. The maximum atomic E-state index is 9.30. The smallest absolute Gasteiger partial charge is 0.144 e. The molecule has 0 saturated carbocycles. The lowest BCUT2D eigenvalue weighted by atomic mass is 10.0. The summed E-state index contributed by atoms with van der Waals surface area (Å²) in [5.41, 5.74) is 1.50. The minimum atomic E-state index is 0.248. The first-order chi connectivity index (χ1) is 9.78. The molecule has 1 aliphatic heterocycles. The van der Waals surface area contributed by atoms with Crippen LogP contribution in [0.3, 0.4) is 0 Å². The Kier molecular flexibility index (Phi) is 3.53. The molecule has 0 radical (unpaired) electrons. The highest BCUT2D eigenvalue weighted by atomic mass is 16.5. The van der Waals surface area contributed by atoms with Gasteiger partial charge in [0.25, 0.3) is 0 Å². The minimum absolute atomic E-state index is 0.248. The van der Waals surface area contributed by atoms with Gasteiger partial charge in [-0.15, -0.1) is 0 Å². The summed E-state index contributed by atoms with van der Waals surface area (Å²) in [6, 6.07) is 12.2. The Bertz CT molecular complexity index is 656. The predicted molar refractivity (Wildman–Crippen MR) is 78.5 cm³/mol. The Labute approximate surface area is 118 Å². The van der Waals surface area contributed by atoms with Crippen LogP contribution in [-0.4, -0.2) is 24.2 Å². The van der Waals surface area contributed by atoms with Gasteiger partial charge in [0, 0.05) is 24.0 Å². The Morgan fingerprint density at radius 1 is 1.45 bits per heavy atom. The quantitative estimate of drug-likeness (QED) is 0.929. The van der Waals surface area contributed by atoms with E-state index in [1.165, 1.54) is 0 Å². The summed E-state index contributed by atoms with van der Waals surface area (Å²) in [4.78, 5) is 4.58. The van der Waals surface area contributed by atoms with Crippen molar-refractivity contribution in [3.8, 4) is 6.07 Å². The van der Waals surface area contributed by atoms with E-state index in [0.29, 0.717) is 17.3 Å². The van der Waals surface area contributed by atoms with Crippen LogP contribution in [0.4, 0.5) is 5.82 Å². The van der Waals surface area contributed by atoms with Gasteiger partial charge in [0.05, 0.1) is 17.7 Å². The molecule has 1 N–H and O–H groups in total. The number of para-hydroxylation sites is 1. The summed E-state index contributed by atoms with van der Waals surface area (Å²) in [6.07, 6.45) is 1.06. The minimum Gasteiger partial charge on any atom is -0.381 e. The molecule has 1 aromatic heterocycles. The van der Waals surface area contributed by atoms with E-state index in [9.17, 15) is 5.26 Å². The van der Waals surface area contributed by atoms with Crippen LogP contribution in [0.5, 0.6) is 0 Å². The third kappa shape index (κ3) is 2.45. The molecule has 3 rings (SSSR count). The van der Waals surface area contributed by atoms with Crippen molar-refractivity contribution < 1.29 is 4.74 Å². The van der Waals surface area contributed by atoms with Gasteiger partial charge < -0.3 is 10.1 Å². The topological polar surface area (TPSA) is 57.9 Å². The normalized spacial score (nSPS) is 19.7. The molecule has 0 amide bonds. The number of anilines is 1. The predicted octanol–water partition coefficient (Wildman–Crippen LogP) is 2.94. The maximum Gasteiger partial charge on any atom is 0.144 e. The summed E-state index contributed by atoms with van der Waals surface area (Å²) >= 11 is 0. The first kappa shape index (κ1) is 12.9. The molecule has 1 saturated heterocycles. The number of pyridine rings is 1. The van der Waals surface area contributed by atoms with Crippen LogP contribution < -0.4 is 5.32 Å². The lowest BCUT2D eigenvalue weighted by Crippen LogP contribution is -2.27. The molecule has 0 spiro atoms. The van der Waals surface area contributed by atoms with Crippen LogP contribution in [0.15, 0.2) is 30.3 Å². The number of aromatic nitrogens is 1. The zero-order valence-electron chi connectivity index (χ0n) is 11.5. The molecular weight excluding hydrogens is 250 g/mol. The van der Waals surface area contributed by atoms with Crippen molar-refractivity contribution in [2.45, 2.75) is 19.4 Å². The zero-order chi connectivity index (χ0) is 13.9. The van der Waals surface area contributed by atoms with Crippen LogP contribution in [0.1, 0.15) is 18.9 Å². The van der Waals surface area contributed by atoms with Gasteiger partial charge >= 0.3 is 0 Å². The lowest BCUT2D eigenvalue weighted by molar-refractivity contribution is 0.183. The van der Waals surface area contributed by atoms with Gasteiger partial charge in [-0.3, -0.25) is 0 Å². The summed E-state index contributed by atoms with van der Waals surface area (Å²) in [5, 5.41) is 13.7. The Balaban J connectivity index is 1.91. The van der Waals surface area contributed by atoms with Crippen LogP contribution in [-0.2, 0) is 4.74 Å². The van der Waals surface area contributed by atoms with Gasteiger partial charge in [0.15, 0.2) is 0 Å². The largest absolute Gasteiger partial charge is 0.381 e. The van der Waals surface area contributed by atoms with Crippen molar-refractivity contribution >= 4 is 16.7 Å². The van der Waals surface area contributed by atoms with Gasteiger partial charge in [-0.05, 0) is 25.5 Å². The molecule has 1 aliphatic rings. The van der Waals surface area contributed by atoms with Gasteiger partial charge in [0.2, 0.25) is 0 Å². The number of ether oxygens (including phenoxy) is 1. The van der Waals surface area contributed by atoms with Crippen molar-refractivity contribution in [3.05, 3.63) is 35.9 Å². The van der Waals surface area contributed by atoms with Gasteiger partial charge in [0.1, 0.15) is 11.9 Å². The number of fused-ring (bicyclic) bond motifs is 1. The number of nitriles is 1. The number of benzene rings is 1. The Morgan fingerprint density at radius 3 is 3.05 bits per heavy atom. The second-order valence-corrected chi connectivity index (χ2v) is 5.25. The molecule has 0 bridgehead atoms. The average Bonchev–Trinajstić information content (AvgIpc) is 3.01. The summed E-state index contributed by atoms with van der Waals surface area (Å²) in [5.74, 6) is 1.15. The number of nitrogens with zero attached hydrogens (tertiary/aromatic N) is 2. The van der Waals surface area contributed by atoms with Crippen molar-refractivity contribution in [1.29, 1.82) is 5.26 Å². The van der Waals surface area contributed by atoms with Crippen LogP contribution >= 0.6 is 0 Å². The molecule has 2 unspecified atom stereocenters. The van der Waals surface area contributed by atoms with E-state index in [0.717, 1.165) is 30.5 Å². The van der Waals surface area contributed by atoms with Gasteiger partial charge in [-0.1, -0.05) is 18.2 Å². The fourth-order valence-electron chi connectivity index (χ4n) is 2.59. The molecule has 1 fully saturated rings. The van der Waals surface area contributed by atoms with E-state index in [4.69, 9.17) is 4.74 Å². The molecule has 20 heavy (non-hydrogen) atoms. The molecule has 2 heterocycles. The van der Waals surface area contributed by atoms with Crippen molar-refractivity contribution in [3.63, 3.8) is 0 Å². The number of rotatable bonds is 3. The number of nitrogens with one attached hydrogen (secondary N) is 1. The zero-order valence-corrected chi connectivity index (χ0v) is 11.5. The molecule has 2 aromatic rings. The first-order valence-electron chi connectivity index (χ1n) is 6.92. The summed E-state index contributed by atoms with van der Waals surface area (Å²) in [6.45, 7) is 3.73. The number of hydrogen-bond acceptors (Lipinski definition) is 4. The van der Waals surface area contributed by atoms with Crippen LogP contribution in [0.2, 0.25) is 0 Å². The summed E-state index contributed by atoms with van der Waals surface area (Å²) < 4.78 is 5.42. The SMILES string of the molecule is CC(Nc1nc2ccccc2cc1C#N)C1CCOC1. The van der Waals surface area contributed by atoms with Crippen molar-refractivity contribution in [1.82, 2.24) is 4.98 Å². The van der Waals surface area contributed by atoms with E-state index in [1.807, 2.05) is 30.3 Å². The monoisotopic (exact) mass is 267 g/mol. The van der Waals surface area contributed by atoms with Gasteiger partial charge in [-0.25, -0.2) is 4.98 Å². The fourth-order valence-corrected chi connectivity index (χ4v) is 2.59. The Morgan fingerprint density at radius 2 is 2.30 bits per heavy atom. The second kappa shape index (κ2) is 5.48. The molecule has 1 aromatic carbocycles. The lowest BCUT2D eigenvalue weighted by Gasteiger charge is -2.20. The maximum absolute atomic E-state index is 9.30. The molecular formula is C16H17N3O. The summed E-state index contributed by atoms with van der Waals surface area (Å²) in [7, 11) is 0. The molecule has 102 valence electrons. The number of hydrogen-bond donors (Lipinski definition) is 1. The third-order valence-electron chi connectivity index (χ3n) is 3.88. The van der Waals surface area contributed by atoms with E-state index < -0.39 is 0 Å². The fraction of sp³-hybridized carbons (Fsp3) is 0.375. The van der Waals surface area contributed by atoms with Crippen molar-refractivity contribution in [2.75, 3.05) is 18.5 Å². The first-order valence-corrected chi connectivity index (χ1v) is 6.92.